The number of sulfone groups is 1. The van der Waals surface area contributed by atoms with Gasteiger partial charge in [0, 0.05) is 18.8 Å². The molecule has 0 amide bonds. The Hall–Kier alpha value is -1.19. The van der Waals surface area contributed by atoms with Gasteiger partial charge in [-0.25, -0.2) is 8.42 Å². The molecule has 8 heteroatoms. The van der Waals surface area contributed by atoms with Crippen molar-refractivity contribution < 1.29 is 17.9 Å². The molecule has 0 radical (unpaired) electrons. The lowest BCUT2D eigenvalue weighted by atomic mass is 10.3. The molecule has 23 heavy (non-hydrogen) atoms. The fourth-order valence-electron chi connectivity index (χ4n) is 2.50. The van der Waals surface area contributed by atoms with E-state index < -0.39 is 14.8 Å². The van der Waals surface area contributed by atoms with Gasteiger partial charge in [-0.15, -0.1) is 0 Å². The molecule has 3 N–H and O–H groups in total. The Bertz CT molecular complexity index is 610. The number of anilines is 1. The van der Waals surface area contributed by atoms with Crippen LogP contribution in [0.2, 0.25) is 0 Å². The van der Waals surface area contributed by atoms with Crippen molar-refractivity contribution in [3.05, 3.63) is 24.3 Å². The zero-order chi connectivity index (χ0) is 17.1. The van der Waals surface area contributed by atoms with Crippen LogP contribution in [0.5, 0.6) is 0 Å². The molecule has 7 nitrogen and oxygen atoms in total. The summed E-state index contributed by atoms with van der Waals surface area (Å²) in [6.07, 6.45) is -0.311. The van der Waals surface area contributed by atoms with Gasteiger partial charge in [-0.05, 0) is 45.0 Å². The normalized spacial score (nSPS) is 18.6. The highest BCUT2D eigenvalue weighted by atomic mass is 32.2. The minimum Gasteiger partial charge on any atom is -0.379 e. The molecule has 1 unspecified atom stereocenters. The van der Waals surface area contributed by atoms with E-state index in [2.05, 4.69) is 10.3 Å². The quantitative estimate of drug-likeness (QED) is 0.591. The molecular weight excluding hydrogens is 318 g/mol. The molecule has 0 bridgehead atoms. The number of benzene rings is 1. The maximum Gasteiger partial charge on any atom is 0.207 e. The summed E-state index contributed by atoms with van der Waals surface area (Å²) >= 11 is 0. The van der Waals surface area contributed by atoms with Crippen LogP contribution in [0.1, 0.15) is 20.8 Å². The van der Waals surface area contributed by atoms with Crippen molar-refractivity contribution in [2.24, 2.45) is 5.84 Å². The molecule has 1 atom stereocenters. The standard InChI is InChI=1S/C15H25N3O4S/c1-12(18-8-10-21-11-9-18)22-15(2,3)23(19,20)14-6-4-13(17-16)5-7-14/h4-7,12,17H,8-11,16H2,1-3H3. The average molecular weight is 343 g/mol. The molecule has 1 aromatic rings. The Morgan fingerprint density at radius 2 is 1.83 bits per heavy atom. The molecule has 1 aromatic carbocycles. The molecular formula is C15H25N3O4S. The molecule has 2 rings (SSSR count). The van der Waals surface area contributed by atoms with E-state index in [1.165, 1.54) is 12.1 Å². The smallest absolute Gasteiger partial charge is 0.207 e. The minimum absolute atomic E-state index is 0.204. The monoisotopic (exact) mass is 343 g/mol. The largest absolute Gasteiger partial charge is 0.379 e. The first-order valence-corrected chi connectivity index (χ1v) is 9.07. The molecule has 0 spiro atoms. The van der Waals surface area contributed by atoms with Crippen LogP contribution in [-0.2, 0) is 19.3 Å². The summed E-state index contributed by atoms with van der Waals surface area (Å²) in [7, 11) is -3.65. The maximum absolute atomic E-state index is 12.9. The van der Waals surface area contributed by atoms with Gasteiger partial charge >= 0.3 is 0 Å². The highest BCUT2D eigenvalue weighted by Gasteiger charge is 2.39. The third kappa shape index (κ3) is 4.02. The summed E-state index contributed by atoms with van der Waals surface area (Å²) in [4.78, 5) is 0.931. The lowest BCUT2D eigenvalue weighted by molar-refractivity contribution is -0.120. The lowest BCUT2D eigenvalue weighted by Crippen LogP contribution is -2.48. The van der Waals surface area contributed by atoms with Gasteiger partial charge in [0.25, 0.3) is 0 Å². The van der Waals surface area contributed by atoms with E-state index in [-0.39, 0.29) is 11.1 Å². The Kier molecular flexibility index (Phi) is 5.64. The van der Waals surface area contributed by atoms with E-state index in [4.69, 9.17) is 15.3 Å². The number of morpholine rings is 1. The number of nitrogens with two attached hydrogens (primary N) is 1. The van der Waals surface area contributed by atoms with Crippen molar-refractivity contribution in [2.75, 3.05) is 31.7 Å². The SMILES string of the molecule is CC(OC(C)(C)S(=O)(=O)c1ccc(NN)cc1)N1CCOCC1. The molecule has 1 aliphatic rings. The van der Waals surface area contributed by atoms with E-state index >= 15 is 0 Å². The second-order valence-corrected chi connectivity index (χ2v) is 8.40. The Labute approximate surface area is 137 Å². The Balaban J connectivity index is 2.15. The average Bonchev–Trinajstić information content (AvgIpc) is 2.55. The summed E-state index contributed by atoms with van der Waals surface area (Å²) in [5, 5.41) is 0. The Morgan fingerprint density at radius 3 is 2.35 bits per heavy atom. The van der Waals surface area contributed by atoms with Crippen LogP contribution in [0.25, 0.3) is 0 Å². The van der Waals surface area contributed by atoms with E-state index in [9.17, 15) is 8.42 Å². The fourth-order valence-corrected chi connectivity index (χ4v) is 3.83. The van der Waals surface area contributed by atoms with E-state index in [0.717, 1.165) is 13.1 Å². The van der Waals surface area contributed by atoms with Crippen molar-refractivity contribution in [1.82, 2.24) is 4.90 Å². The third-order valence-corrected chi connectivity index (χ3v) is 6.28. The fraction of sp³-hybridized carbons (Fsp3) is 0.600. The molecule has 1 heterocycles. The van der Waals surface area contributed by atoms with Gasteiger partial charge in [0.2, 0.25) is 9.84 Å². The summed E-state index contributed by atoms with van der Waals surface area (Å²) in [5.74, 6) is 5.30. The predicted molar refractivity (Wildman–Crippen MR) is 88.5 cm³/mol. The highest BCUT2D eigenvalue weighted by molar-refractivity contribution is 7.92. The molecule has 0 aromatic heterocycles. The number of rotatable bonds is 6. The first kappa shape index (κ1) is 18.2. The van der Waals surface area contributed by atoms with Gasteiger partial charge in [0.1, 0.15) is 6.23 Å². The molecule has 130 valence electrons. The topological polar surface area (TPSA) is 93.9 Å². The third-order valence-electron chi connectivity index (χ3n) is 3.99. The van der Waals surface area contributed by atoms with Crippen molar-refractivity contribution in [3.8, 4) is 0 Å². The van der Waals surface area contributed by atoms with Crippen LogP contribution in [0.4, 0.5) is 5.69 Å². The summed E-state index contributed by atoms with van der Waals surface area (Å²) in [5.41, 5.74) is 3.12. The predicted octanol–water partition coefficient (Wildman–Crippen LogP) is 1.18. The number of hydrogen-bond donors (Lipinski definition) is 2. The van der Waals surface area contributed by atoms with Crippen LogP contribution in [-0.4, -0.2) is 50.8 Å². The number of nitrogen functional groups attached to an aromatic ring is 1. The van der Waals surface area contributed by atoms with Crippen molar-refractivity contribution in [3.63, 3.8) is 0 Å². The molecule has 1 aliphatic heterocycles. The zero-order valence-corrected chi connectivity index (χ0v) is 14.6. The summed E-state index contributed by atoms with van der Waals surface area (Å²) in [6.45, 7) is 7.75. The van der Waals surface area contributed by atoms with Gasteiger partial charge < -0.3 is 14.9 Å². The first-order valence-electron chi connectivity index (χ1n) is 7.59. The van der Waals surface area contributed by atoms with Crippen molar-refractivity contribution in [1.29, 1.82) is 0 Å². The van der Waals surface area contributed by atoms with Gasteiger partial charge in [-0.3, -0.25) is 10.7 Å². The Morgan fingerprint density at radius 1 is 1.26 bits per heavy atom. The van der Waals surface area contributed by atoms with E-state index in [1.807, 2.05) is 6.92 Å². The number of hydrogen-bond acceptors (Lipinski definition) is 7. The first-order chi connectivity index (χ1) is 10.8. The van der Waals surface area contributed by atoms with Crippen molar-refractivity contribution in [2.45, 2.75) is 36.8 Å². The van der Waals surface area contributed by atoms with Crippen LogP contribution in [0, 0.1) is 0 Å². The second-order valence-electron chi connectivity index (χ2n) is 5.94. The highest BCUT2D eigenvalue weighted by Crippen LogP contribution is 2.29. The van der Waals surface area contributed by atoms with E-state index in [0.29, 0.717) is 18.9 Å². The molecule has 1 fully saturated rings. The number of nitrogens with one attached hydrogen (secondary N) is 1. The van der Waals surface area contributed by atoms with Gasteiger partial charge in [-0.2, -0.15) is 0 Å². The zero-order valence-electron chi connectivity index (χ0n) is 13.8. The second kappa shape index (κ2) is 7.14. The van der Waals surface area contributed by atoms with Crippen LogP contribution >= 0.6 is 0 Å². The van der Waals surface area contributed by atoms with Crippen LogP contribution in [0.15, 0.2) is 29.2 Å². The summed E-state index contributed by atoms with van der Waals surface area (Å²) < 4.78 is 36.9. The van der Waals surface area contributed by atoms with E-state index in [1.54, 1.807) is 26.0 Å². The van der Waals surface area contributed by atoms with Gasteiger partial charge in [0.05, 0.1) is 18.1 Å². The maximum atomic E-state index is 12.9. The minimum atomic E-state index is -3.65. The van der Waals surface area contributed by atoms with Crippen molar-refractivity contribution >= 4 is 15.5 Å². The number of nitrogens with zero attached hydrogens (tertiary/aromatic N) is 1. The van der Waals surface area contributed by atoms with Gasteiger partial charge in [-0.1, -0.05) is 0 Å². The van der Waals surface area contributed by atoms with Crippen LogP contribution < -0.4 is 11.3 Å². The van der Waals surface area contributed by atoms with Crippen LogP contribution in [0.3, 0.4) is 0 Å². The number of ether oxygens (including phenoxy) is 2. The molecule has 0 aliphatic carbocycles. The number of hydrazine groups is 1. The summed E-state index contributed by atoms with van der Waals surface area (Å²) in [6, 6.07) is 6.28. The molecule has 1 saturated heterocycles. The lowest BCUT2D eigenvalue weighted by Gasteiger charge is -2.37. The van der Waals surface area contributed by atoms with Gasteiger partial charge in [0.15, 0.2) is 4.93 Å². The molecule has 0 saturated carbocycles.